The second-order valence-corrected chi connectivity index (χ2v) is 5.45. The third-order valence-corrected chi connectivity index (χ3v) is 4.07. The number of nitrogens with one attached hydrogen (secondary N) is 2. The van der Waals surface area contributed by atoms with Gasteiger partial charge in [-0.25, -0.2) is 4.98 Å². The van der Waals surface area contributed by atoms with Crippen LogP contribution in [0.3, 0.4) is 0 Å². The number of piperidine rings is 1. The standard InChI is InChI=1S/C15H22N4/c1-11-18-14-9-12(6-7-15(14)19(11)2)17-10-13-5-3-4-8-16-13/h6-7,9,13,16-17H,3-5,8,10H2,1-2H3. The molecule has 102 valence electrons. The van der Waals surface area contributed by atoms with E-state index in [0.717, 1.165) is 30.1 Å². The van der Waals surface area contributed by atoms with Crippen LogP contribution in [0.2, 0.25) is 0 Å². The minimum Gasteiger partial charge on any atom is -0.383 e. The molecule has 2 aromatic rings. The normalized spacial score (nSPS) is 19.8. The first-order valence-corrected chi connectivity index (χ1v) is 7.14. The molecule has 1 aromatic carbocycles. The molecule has 0 spiro atoms. The Morgan fingerprint density at radius 2 is 2.32 bits per heavy atom. The highest BCUT2D eigenvalue weighted by Gasteiger charge is 2.12. The molecule has 3 rings (SSSR count). The van der Waals surface area contributed by atoms with Gasteiger partial charge < -0.3 is 15.2 Å². The van der Waals surface area contributed by atoms with E-state index in [2.05, 4.69) is 45.4 Å². The first-order valence-electron chi connectivity index (χ1n) is 7.14. The van der Waals surface area contributed by atoms with Gasteiger partial charge in [0.15, 0.2) is 0 Å². The van der Waals surface area contributed by atoms with Gasteiger partial charge in [-0.2, -0.15) is 0 Å². The van der Waals surface area contributed by atoms with Crippen molar-refractivity contribution < 1.29 is 0 Å². The van der Waals surface area contributed by atoms with Crippen LogP contribution in [0.25, 0.3) is 11.0 Å². The van der Waals surface area contributed by atoms with Crippen LogP contribution in [0, 0.1) is 6.92 Å². The second kappa shape index (κ2) is 5.21. The summed E-state index contributed by atoms with van der Waals surface area (Å²) in [5, 5.41) is 7.08. The summed E-state index contributed by atoms with van der Waals surface area (Å²) in [4.78, 5) is 4.58. The maximum Gasteiger partial charge on any atom is 0.106 e. The minimum atomic E-state index is 0.606. The van der Waals surface area contributed by atoms with Gasteiger partial charge in [0.05, 0.1) is 11.0 Å². The molecule has 0 amide bonds. The summed E-state index contributed by atoms with van der Waals surface area (Å²) in [6.45, 7) is 4.20. The lowest BCUT2D eigenvalue weighted by atomic mass is 10.1. The first kappa shape index (κ1) is 12.5. The average Bonchev–Trinajstić information content (AvgIpc) is 2.73. The van der Waals surface area contributed by atoms with Gasteiger partial charge in [0.2, 0.25) is 0 Å². The number of imidazole rings is 1. The van der Waals surface area contributed by atoms with Crippen LogP contribution in [-0.2, 0) is 7.05 Å². The maximum atomic E-state index is 4.58. The molecule has 0 radical (unpaired) electrons. The Balaban J connectivity index is 1.70. The van der Waals surface area contributed by atoms with Gasteiger partial charge >= 0.3 is 0 Å². The Bertz CT molecular complexity index is 567. The van der Waals surface area contributed by atoms with E-state index < -0.39 is 0 Å². The molecule has 2 heterocycles. The molecule has 4 nitrogen and oxygen atoms in total. The lowest BCUT2D eigenvalue weighted by Gasteiger charge is -2.24. The number of aryl methyl sites for hydroxylation is 2. The Hall–Kier alpha value is -1.55. The maximum absolute atomic E-state index is 4.58. The van der Waals surface area contributed by atoms with Crippen LogP contribution in [0.5, 0.6) is 0 Å². The van der Waals surface area contributed by atoms with E-state index in [9.17, 15) is 0 Å². The predicted molar refractivity (Wildman–Crippen MR) is 79.6 cm³/mol. The number of anilines is 1. The summed E-state index contributed by atoms with van der Waals surface area (Å²) in [5.41, 5.74) is 3.43. The van der Waals surface area contributed by atoms with Gasteiger partial charge in [-0.15, -0.1) is 0 Å². The predicted octanol–water partition coefficient (Wildman–Crippen LogP) is 2.44. The molecule has 1 atom stereocenters. The van der Waals surface area contributed by atoms with E-state index in [0.29, 0.717) is 6.04 Å². The number of rotatable bonds is 3. The molecule has 1 aliphatic heterocycles. The fourth-order valence-electron chi connectivity index (χ4n) is 2.77. The highest BCUT2D eigenvalue weighted by atomic mass is 15.1. The van der Waals surface area contributed by atoms with Gasteiger partial charge in [0, 0.05) is 25.3 Å². The van der Waals surface area contributed by atoms with Crippen molar-refractivity contribution in [3.63, 3.8) is 0 Å². The van der Waals surface area contributed by atoms with Crippen LogP contribution < -0.4 is 10.6 Å². The molecule has 19 heavy (non-hydrogen) atoms. The average molecular weight is 258 g/mol. The van der Waals surface area contributed by atoms with Crippen LogP contribution in [0.1, 0.15) is 25.1 Å². The highest BCUT2D eigenvalue weighted by Crippen LogP contribution is 2.19. The molecule has 2 N–H and O–H groups in total. The SMILES string of the molecule is Cc1nc2cc(NCC3CCCCN3)ccc2n1C. The monoisotopic (exact) mass is 258 g/mol. The Kier molecular flexibility index (Phi) is 3.42. The smallest absolute Gasteiger partial charge is 0.106 e. The topological polar surface area (TPSA) is 41.9 Å². The number of nitrogens with zero attached hydrogens (tertiary/aromatic N) is 2. The summed E-state index contributed by atoms with van der Waals surface area (Å²) in [6.07, 6.45) is 3.94. The van der Waals surface area contributed by atoms with E-state index >= 15 is 0 Å². The molecular weight excluding hydrogens is 236 g/mol. The third-order valence-electron chi connectivity index (χ3n) is 4.07. The number of hydrogen-bond donors (Lipinski definition) is 2. The quantitative estimate of drug-likeness (QED) is 0.888. The van der Waals surface area contributed by atoms with Crippen molar-refractivity contribution in [2.24, 2.45) is 7.05 Å². The number of benzene rings is 1. The molecule has 0 saturated carbocycles. The van der Waals surface area contributed by atoms with Crippen molar-refractivity contribution >= 4 is 16.7 Å². The molecule has 1 saturated heterocycles. The fraction of sp³-hybridized carbons (Fsp3) is 0.533. The van der Waals surface area contributed by atoms with E-state index in [4.69, 9.17) is 0 Å². The Morgan fingerprint density at radius 1 is 1.42 bits per heavy atom. The van der Waals surface area contributed by atoms with Crippen molar-refractivity contribution in [3.05, 3.63) is 24.0 Å². The summed E-state index contributed by atoms with van der Waals surface area (Å²) in [7, 11) is 2.06. The molecular formula is C15H22N4. The first-order chi connectivity index (χ1) is 9.24. The van der Waals surface area contributed by atoms with Crippen molar-refractivity contribution in [3.8, 4) is 0 Å². The molecule has 1 unspecified atom stereocenters. The molecule has 4 heteroatoms. The minimum absolute atomic E-state index is 0.606. The molecule has 1 aromatic heterocycles. The van der Waals surface area contributed by atoms with E-state index in [-0.39, 0.29) is 0 Å². The third kappa shape index (κ3) is 2.59. The zero-order valence-corrected chi connectivity index (χ0v) is 11.7. The summed E-state index contributed by atoms with van der Waals surface area (Å²) in [5.74, 6) is 1.06. The van der Waals surface area contributed by atoms with Crippen molar-refractivity contribution in [1.29, 1.82) is 0 Å². The number of aromatic nitrogens is 2. The molecule has 0 aliphatic carbocycles. The van der Waals surface area contributed by atoms with E-state index in [1.807, 2.05) is 6.92 Å². The van der Waals surface area contributed by atoms with Gasteiger partial charge in [-0.1, -0.05) is 6.42 Å². The van der Waals surface area contributed by atoms with Crippen molar-refractivity contribution in [2.75, 3.05) is 18.4 Å². The Morgan fingerprint density at radius 3 is 3.11 bits per heavy atom. The zero-order chi connectivity index (χ0) is 13.2. The summed E-state index contributed by atoms with van der Waals surface area (Å²) >= 11 is 0. The fourth-order valence-corrected chi connectivity index (χ4v) is 2.77. The highest BCUT2D eigenvalue weighted by molar-refractivity contribution is 5.80. The van der Waals surface area contributed by atoms with E-state index in [1.54, 1.807) is 0 Å². The molecule has 1 fully saturated rings. The van der Waals surface area contributed by atoms with Gasteiger partial charge in [0.25, 0.3) is 0 Å². The Labute approximate surface area is 114 Å². The van der Waals surface area contributed by atoms with Gasteiger partial charge in [0.1, 0.15) is 5.82 Å². The largest absolute Gasteiger partial charge is 0.383 e. The zero-order valence-electron chi connectivity index (χ0n) is 11.7. The number of hydrogen-bond acceptors (Lipinski definition) is 3. The lowest BCUT2D eigenvalue weighted by Crippen LogP contribution is -2.39. The van der Waals surface area contributed by atoms with E-state index in [1.165, 1.54) is 24.8 Å². The number of fused-ring (bicyclic) bond motifs is 1. The molecule has 1 aliphatic rings. The second-order valence-electron chi connectivity index (χ2n) is 5.45. The van der Waals surface area contributed by atoms with Crippen LogP contribution in [-0.4, -0.2) is 28.7 Å². The van der Waals surface area contributed by atoms with Gasteiger partial charge in [-0.05, 0) is 44.5 Å². The van der Waals surface area contributed by atoms with Crippen LogP contribution in [0.4, 0.5) is 5.69 Å². The van der Waals surface area contributed by atoms with Crippen molar-refractivity contribution in [2.45, 2.75) is 32.2 Å². The lowest BCUT2D eigenvalue weighted by molar-refractivity contribution is 0.414. The summed E-state index contributed by atoms with van der Waals surface area (Å²) < 4.78 is 2.13. The molecule has 0 bridgehead atoms. The van der Waals surface area contributed by atoms with Crippen LogP contribution >= 0.6 is 0 Å². The summed E-state index contributed by atoms with van der Waals surface area (Å²) in [6, 6.07) is 7.04. The van der Waals surface area contributed by atoms with Crippen molar-refractivity contribution in [1.82, 2.24) is 14.9 Å². The van der Waals surface area contributed by atoms with Crippen LogP contribution in [0.15, 0.2) is 18.2 Å². The van der Waals surface area contributed by atoms with Gasteiger partial charge in [-0.3, -0.25) is 0 Å².